The molecule has 0 aliphatic heterocycles. The van der Waals surface area contributed by atoms with Gasteiger partial charge in [-0.1, -0.05) is 20.8 Å². The molecule has 22 heavy (non-hydrogen) atoms. The summed E-state index contributed by atoms with van der Waals surface area (Å²) in [5.41, 5.74) is 6.14. The molecule has 0 aliphatic carbocycles. The second-order valence-corrected chi connectivity index (χ2v) is 6.28. The largest absolute Gasteiger partial charge is 0.332 e. The highest BCUT2D eigenvalue weighted by molar-refractivity contribution is 5.70. The highest BCUT2D eigenvalue weighted by atomic mass is 16.2. The fourth-order valence-electron chi connectivity index (χ4n) is 2.56. The quantitative estimate of drug-likeness (QED) is 0.864. The normalized spacial score (nSPS) is 13.2. The van der Waals surface area contributed by atoms with Gasteiger partial charge in [-0.05, 0) is 12.3 Å². The monoisotopic (exact) mass is 307 g/mol. The van der Waals surface area contributed by atoms with Crippen LogP contribution in [0.2, 0.25) is 0 Å². The first-order valence-corrected chi connectivity index (χ1v) is 7.68. The Kier molecular flexibility index (Phi) is 4.55. The highest BCUT2D eigenvalue weighted by Crippen LogP contribution is 2.12. The van der Waals surface area contributed by atoms with Crippen LogP contribution in [0, 0.1) is 5.92 Å². The fraction of sp³-hybridized carbons (Fsp3) is 0.667. The second kappa shape index (κ2) is 6.08. The fourth-order valence-corrected chi connectivity index (χ4v) is 2.56. The third-order valence-electron chi connectivity index (χ3n) is 3.98. The first kappa shape index (κ1) is 16.5. The molecule has 0 amide bonds. The average molecular weight is 307 g/mol. The van der Waals surface area contributed by atoms with Crippen molar-refractivity contribution >= 4 is 11.2 Å². The van der Waals surface area contributed by atoms with E-state index in [1.54, 1.807) is 11.6 Å². The SMILES string of the molecule is CCC(N)Cn1c(=O)c2c(nc(CC(C)C)n2C)n(C)c1=O. The second-order valence-electron chi connectivity index (χ2n) is 6.28. The molecule has 122 valence electrons. The smallest absolute Gasteiger partial charge is 0.326 e. The van der Waals surface area contributed by atoms with E-state index in [4.69, 9.17) is 5.73 Å². The van der Waals surface area contributed by atoms with Crippen LogP contribution in [0.25, 0.3) is 11.2 Å². The Morgan fingerprint density at radius 1 is 1.18 bits per heavy atom. The van der Waals surface area contributed by atoms with E-state index in [9.17, 15) is 9.59 Å². The van der Waals surface area contributed by atoms with Crippen molar-refractivity contribution in [1.82, 2.24) is 18.7 Å². The van der Waals surface area contributed by atoms with E-state index in [0.29, 0.717) is 23.5 Å². The lowest BCUT2D eigenvalue weighted by Crippen LogP contribution is -2.43. The van der Waals surface area contributed by atoms with Gasteiger partial charge >= 0.3 is 5.69 Å². The zero-order chi connectivity index (χ0) is 16.6. The molecule has 1 unspecified atom stereocenters. The lowest BCUT2D eigenvalue weighted by Gasteiger charge is -2.12. The van der Waals surface area contributed by atoms with E-state index in [-0.39, 0.29) is 23.8 Å². The van der Waals surface area contributed by atoms with Gasteiger partial charge in [0, 0.05) is 33.1 Å². The summed E-state index contributed by atoms with van der Waals surface area (Å²) in [6.07, 6.45) is 1.46. The van der Waals surface area contributed by atoms with Crippen molar-refractivity contribution in [2.75, 3.05) is 0 Å². The minimum Gasteiger partial charge on any atom is -0.326 e. The maximum absolute atomic E-state index is 12.7. The number of hydrogen-bond acceptors (Lipinski definition) is 4. The molecule has 0 spiro atoms. The third-order valence-corrected chi connectivity index (χ3v) is 3.98. The molecular formula is C15H25N5O2. The molecule has 0 bridgehead atoms. The van der Waals surface area contributed by atoms with Crippen LogP contribution >= 0.6 is 0 Å². The molecule has 0 saturated heterocycles. The van der Waals surface area contributed by atoms with E-state index >= 15 is 0 Å². The topological polar surface area (TPSA) is 87.8 Å². The number of nitrogens with zero attached hydrogens (tertiary/aromatic N) is 4. The van der Waals surface area contributed by atoms with Crippen LogP contribution in [0.1, 0.15) is 33.0 Å². The zero-order valence-electron chi connectivity index (χ0n) is 14.0. The maximum atomic E-state index is 12.7. The summed E-state index contributed by atoms with van der Waals surface area (Å²) >= 11 is 0. The zero-order valence-corrected chi connectivity index (χ0v) is 14.0. The number of hydrogen-bond donors (Lipinski definition) is 1. The number of rotatable bonds is 5. The lowest BCUT2D eigenvalue weighted by atomic mass is 10.1. The maximum Gasteiger partial charge on any atom is 0.332 e. The van der Waals surface area contributed by atoms with Crippen LogP contribution < -0.4 is 17.0 Å². The molecule has 2 aromatic heterocycles. The summed E-state index contributed by atoms with van der Waals surface area (Å²) in [4.78, 5) is 29.6. The van der Waals surface area contributed by atoms with Gasteiger partial charge in [0.1, 0.15) is 5.82 Å². The van der Waals surface area contributed by atoms with Gasteiger partial charge in [0.2, 0.25) is 0 Å². The summed E-state index contributed by atoms with van der Waals surface area (Å²) < 4.78 is 4.45. The van der Waals surface area contributed by atoms with Crippen LogP contribution in [-0.4, -0.2) is 24.7 Å². The van der Waals surface area contributed by atoms with Crippen molar-refractivity contribution in [3.05, 3.63) is 26.7 Å². The predicted octanol–water partition coefficient (Wildman–Crippen LogP) is 0.370. The van der Waals surface area contributed by atoms with Crippen LogP contribution in [0.4, 0.5) is 0 Å². The van der Waals surface area contributed by atoms with Crippen molar-refractivity contribution in [1.29, 1.82) is 0 Å². The molecule has 0 fully saturated rings. The summed E-state index contributed by atoms with van der Waals surface area (Å²) in [5.74, 6) is 1.23. The van der Waals surface area contributed by atoms with Crippen LogP contribution in [0.5, 0.6) is 0 Å². The Bertz CT molecular complexity index is 797. The van der Waals surface area contributed by atoms with Gasteiger partial charge in [0.25, 0.3) is 5.56 Å². The summed E-state index contributed by atoms with van der Waals surface area (Å²) in [5, 5.41) is 0. The van der Waals surface area contributed by atoms with Gasteiger partial charge in [-0.25, -0.2) is 9.78 Å². The van der Waals surface area contributed by atoms with E-state index in [1.165, 1.54) is 9.13 Å². The molecule has 7 nitrogen and oxygen atoms in total. The molecule has 1 atom stereocenters. The molecule has 0 aliphatic rings. The van der Waals surface area contributed by atoms with Crippen molar-refractivity contribution in [2.45, 2.75) is 46.2 Å². The Hall–Kier alpha value is -1.89. The lowest BCUT2D eigenvalue weighted by molar-refractivity contribution is 0.500. The molecule has 2 heterocycles. The molecule has 2 rings (SSSR count). The van der Waals surface area contributed by atoms with Gasteiger partial charge < -0.3 is 10.3 Å². The molecular weight excluding hydrogens is 282 g/mol. The Morgan fingerprint density at radius 3 is 2.36 bits per heavy atom. The molecule has 0 aromatic carbocycles. The molecule has 0 saturated carbocycles. The first-order chi connectivity index (χ1) is 10.3. The standard InChI is InChI=1S/C15H25N5O2/c1-6-10(16)8-20-14(21)12-13(19(5)15(20)22)17-11(18(12)4)7-9(2)3/h9-10H,6-8,16H2,1-5H3. The summed E-state index contributed by atoms with van der Waals surface area (Å²) in [6, 6.07) is -0.216. The van der Waals surface area contributed by atoms with E-state index < -0.39 is 0 Å². The Morgan fingerprint density at radius 2 is 1.82 bits per heavy atom. The van der Waals surface area contributed by atoms with E-state index in [0.717, 1.165) is 12.2 Å². The van der Waals surface area contributed by atoms with Gasteiger partial charge in [-0.3, -0.25) is 13.9 Å². The molecule has 7 heteroatoms. The van der Waals surface area contributed by atoms with Crippen molar-refractivity contribution in [3.8, 4) is 0 Å². The molecule has 0 radical (unpaired) electrons. The number of imidazole rings is 1. The Balaban J connectivity index is 2.74. The van der Waals surface area contributed by atoms with E-state index in [1.807, 2.05) is 14.0 Å². The Labute approximate surface area is 129 Å². The highest BCUT2D eigenvalue weighted by Gasteiger charge is 2.19. The van der Waals surface area contributed by atoms with Gasteiger partial charge in [0.15, 0.2) is 11.2 Å². The predicted molar refractivity (Wildman–Crippen MR) is 87.0 cm³/mol. The van der Waals surface area contributed by atoms with Gasteiger partial charge in [-0.15, -0.1) is 0 Å². The third kappa shape index (κ3) is 2.72. The summed E-state index contributed by atoms with van der Waals surface area (Å²) in [7, 11) is 3.47. The first-order valence-electron chi connectivity index (χ1n) is 7.68. The van der Waals surface area contributed by atoms with E-state index in [2.05, 4.69) is 18.8 Å². The minimum absolute atomic E-state index is 0.216. The average Bonchev–Trinajstić information content (AvgIpc) is 2.77. The number of fused-ring (bicyclic) bond motifs is 1. The van der Waals surface area contributed by atoms with Crippen molar-refractivity contribution in [2.24, 2.45) is 25.7 Å². The van der Waals surface area contributed by atoms with Crippen LogP contribution in [0.3, 0.4) is 0 Å². The molecule has 2 N–H and O–H groups in total. The van der Waals surface area contributed by atoms with Crippen LogP contribution in [0.15, 0.2) is 9.59 Å². The number of aryl methyl sites for hydroxylation is 2. The summed E-state index contributed by atoms with van der Waals surface area (Å²) in [6.45, 7) is 6.35. The minimum atomic E-state index is -0.365. The van der Waals surface area contributed by atoms with Crippen molar-refractivity contribution < 1.29 is 0 Å². The van der Waals surface area contributed by atoms with Crippen molar-refractivity contribution in [3.63, 3.8) is 0 Å². The van der Waals surface area contributed by atoms with Gasteiger partial charge in [0.05, 0.1) is 0 Å². The van der Waals surface area contributed by atoms with Gasteiger partial charge in [-0.2, -0.15) is 0 Å². The van der Waals surface area contributed by atoms with Crippen LogP contribution in [-0.2, 0) is 27.1 Å². The number of nitrogens with two attached hydrogens (primary N) is 1. The molecule has 2 aromatic rings. The number of aromatic nitrogens is 4.